The van der Waals surface area contributed by atoms with Crippen LogP contribution in [0, 0.1) is 0 Å². The fraction of sp³-hybridized carbons (Fsp3) is 0.273. The molecule has 0 radical (unpaired) electrons. The van der Waals surface area contributed by atoms with Gasteiger partial charge >= 0.3 is 0 Å². The lowest BCUT2D eigenvalue weighted by Gasteiger charge is -2.24. The smallest absolute Gasteiger partial charge is 0.0408 e. The van der Waals surface area contributed by atoms with Gasteiger partial charge in [0.1, 0.15) is 0 Å². The average Bonchev–Trinajstić information content (AvgIpc) is 2.81. The molecule has 1 N–H and O–H groups in total. The minimum absolute atomic E-state index is 0.682. The molecule has 5 rings (SSSR count). The fourth-order valence-electron chi connectivity index (χ4n) is 4.27. The van der Waals surface area contributed by atoms with E-state index >= 15 is 0 Å². The first kappa shape index (κ1) is 14.1. The van der Waals surface area contributed by atoms with Crippen LogP contribution in [0.25, 0.3) is 21.9 Å². The highest BCUT2D eigenvalue weighted by Crippen LogP contribution is 2.37. The summed E-state index contributed by atoms with van der Waals surface area (Å²) in [5, 5.41) is 6.15. The molecule has 3 aromatic rings. The van der Waals surface area contributed by atoms with Gasteiger partial charge in [0, 0.05) is 24.8 Å². The summed E-state index contributed by atoms with van der Waals surface area (Å²) in [6.45, 7) is 3.36. The molecule has 2 nitrogen and oxygen atoms in total. The lowest BCUT2D eigenvalue weighted by Crippen LogP contribution is -2.32. The van der Waals surface area contributed by atoms with Gasteiger partial charge in [0.25, 0.3) is 0 Å². The van der Waals surface area contributed by atoms with Crippen LogP contribution < -0.4 is 10.2 Å². The Hall–Kier alpha value is -2.32. The normalized spacial score (nSPS) is 19.8. The first-order valence-electron chi connectivity index (χ1n) is 8.98. The molecular formula is C22H22N2. The zero-order valence-corrected chi connectivity index (χ0v) is 13.8. The van der Waals surface area contributed by atoms with Crippen LogP contribution in [0.5, 0.6) is 0 Å². The molecule has 0 spiro atoms. The second-order valence-corrected chi connectivity index (χ2v) is 7.00. The van der Waals surface area contributed by atoms with Gasteiger partial charge in [0.2, 0.25) is 0 Å². The van der Waals surface area contributed by atoms with Crippen molar-refractivity contribution in [3.05, 3.63) is 66.2 Å². The minimum Gasteiger partial charge on any atom is -0.367 e. The first-order valence-corrected chi connectivity index (χ1v) is 8.98. The van der Waals surface area contributed by atoms with Crippen molar-refractivity contribution < 1.29 is 0 Å². The van der Waals surface area contributed by atoms with E-state index in [4.69, 9.17) is 0 Å². The molecule has 0 amide bonds. The summed E-state index contributed by atoms with van der Waals surface area (Å²) in [5.41, 5.74) is 5.62. The molecule has 1 atom stereocenters. The van der Waals surface area contributed by atoms with Crippen LogP contribution in [0.3, 0.4) is 0 Å². The molecular weight excluding hydrogens is 292 g/mol. The van der Waals surface area contributed by atoms with E-state index in [0.29, 0.717) is 6.04 Å². The zero-order valence-electron chi connectivity index (χ0n) is 13.8. The first-order chi connectivity index (χ1) is 11.9. The lowest BCUT2D eigenvalue weighted by atomic mass is 9.99. The second kappa shape index (κ2) is 5.64. The molecule has 1 unspecified atom stereocenters. The molecule has 2 heterocycles. The van der Waals surface area contributed by atoms with Gasteiger partial charge in [0.05, 0.1) is 0 Å². The Morgan fingerprint density at radius 3 is 2.62 bits per heavy atom. The molecule has 3 aromatic carbocycles. The molecule has 1 saturated heterocycles. The van der Waals surface area contributed by atoms with Gasteiger partial charge in [0.15, 0.2) is 0 Å². The predicted molar refractivity (Wildman–Crippen MR) is 102 cm³/mol. The Bertz CT molecular complexity index is 899. The number of hydrogen-bond donors (Lipinski definition) is 1. The third-order valence-electron chi connectivity index (χ3n) is 5.56. The van der Waals surface area contributed by atoms with Gasteiger partial charge in [-0.25, -0.2) is 0 Å². The summed E-state index contributed by atoms with van der Waals surface area (Å²) in [6.07, 6.45) is 2.45. The Kier molecular flexibility index (Phi) is 3.30. The van der Waals surface area contributed by atoms with E-state index in [0.717, 1.165) is 19.6 Å². The van der Waals surface area contributed by atoms with E-state index in [2.05, 4.69) is 70.9 Å². The van der Waals surface area contributed by atoms with Gasteiger partial charge in [-0.3, -0.25) is 0 Å². The van der Waals surface area contributed by atoms with Crippen molar-refractivity contribution in [1.82, 2.24) is 5.32 Å². The SMILES string of the molecule is c1ccc2cc(-c3ccc4c(c3)N3CCNCCC3C4)ccc2c1. The predicted octanol–water partition coefficient (Wildman–Crippen LogP) is 4.23. The van der Waals surface area contributed by atoms with Crippen LogP contribution in [0.4, 0.5) is 5.69 Å². The van der Waals surface area contributed by atoms with Gasteiger partial charge in [-0.2, -0.15) is 0 Å². The number of fused-ring (bicyclic) bond motifs is 4. The highest BCUT2D eigenvalue weighted by atomic mass is 15.2. The lowest BCUT2D eigenvalue weighted by molar-refractivity contribution is 0.612. The number of hydrogen-bond acceptors (Lipinski definition) is 2. The molecule has 0 aromatic heterocycles. The summed E-state index contributed by atoms with van der Waals surface area (Å²) in [6, 6.07) is 23.1. The van der Waals surface area contributed by atoms with Gasteiger partial charge < -0.3 is 10.2 Å². The van der Waals surface area contributed by atoms with Crippen LogP contribution in [0.2, 0.25) is 0 Å². The van der Waals surface area contributed by atoms with Crippen molar-refractivity contribution in [2.75, 3.05) is 24.5 Å². The maximum absolute atomic E-state index is 3.53. The number of benzene rings is 3. The van der Waals surface area contributed by atoms with E-state index < -0.39 is 0 Å². The molecule has 2 aliphatic rings. The Morgan fingerprint density at radius 1 is 0.833 bits per heavy atom. The van der Waals surface area contributed by atoms with Crippen molar-refractivity contribution in [2.24, 2.45) is 0 Å². The fourth-order valence-corrected chi connectivity index (χ4v) is 4.27. The van der Waals surface area contributed by atoms with Crippen LogP contribution in [-0.2, 0) is 6.42 Å². The van der Waals surface area contributed by atoms with Crippen LogP contribution in [0.1, 0.15) is 12.0 Å². The monoisotopic (exact) mass is 314 g/mol. The summed E-state index contributed by atoms with van der Waals surface area (Å²) in [4.78, 5) is 2.62. The minimum atomic E-state index is 0.682. The second-order valence-electron chi connectivity index (χ2n) is 7.00. The summed E-state index contributed by atoms with van der Waals surface area (Å²) in [7, 11) is 0. The molecule has 0 saturated carbocycles. The highest BCUT2D eigenvalue weighted by molar-refractivity contribution is 5.88. The molecule has 2 heteroatoms. The van der Waals surface area contributed by atoms with Crippen LogP contribution in [0.15, 0.2) is 60.7 Å². The Morgan fingerprint density at radius 2 is 1.67 bits per heavy atom. The van der Waals surface area contributed by atoms with Gasteiger partial charge in [-0.05, 0) is 59.0 Å². The van der Waals surface area contributed by atoms with E-state index in [-0.39, 0.29) is 0 Å². The van der Waals surface area contributed by atoms with E-state index in [1.54, 1.807) is 0 Å². The van der Waals surface area contributed by atoms with Crippen molar-refractivity contribution in [3.63, 3.8) is 0 Å². The van der Waals surface area contributed by atoms with E-state index in [9.17, 15) is 0 Å². The summed E-state index contributed by atoms with van der Waals surface area (Å²) < 4.78 is 0. The molecule has 24 heavy (non-hydrogen) atoms. The standard InChI is InChI=1S/C22H22N2/c1-2-4-17-13-18(6-5-16(17)3-1)19-7-8-20-14-21-9-10-23-11-12-24(21)22(20)15-19/h1-8,13,15,21,23H,9-12,14H2. The zero-order chi connectivity index (χ0) is 15.9. The van der Waals surface area contributed by atoms with Crippen LogP contribution >= 0.6 is 0 Å². The Balaban J connectivity index is 1.56. The molecule has 2 aliphatic heterocycles. The summed E-state index contributed by atoms with van der Waals surface area (Å²) >= 11 is 0. The third kappa shape index (κ3) is 2.30. The van der Waals surface area contributed by atoms with Crippen LogP contribution in [-0.4, -0.2) is 25.7 Å². The molecule has 120 valence electrons. The van der Waals surface area contributed by atoms with E-state index in [1.165, 1.54) is 46.0 Å². The van der Waals surface area contributed by atoms with E-state index in [1.807, 2.05) is 0 Å². The van der Waals surface area contributed by atoms with Crippen molar-refractivity contribution in [3.8, 4) is 11.1 Å². The highest BCUT2D eigenvalue weighted by Gasteiger charge is 2.30. The molecule has 0 bridgehead atoms. The third-order valence-corrected chi connectivity index (χ3v) is 5.56. The van der Waals surface area contributed by atoms with Gasteiger partial charge in [-0.1, -0.05) is 48.5 Å². The van der Waals surface area contributed by atoms with Crippen molar-refractivity contribution >= 4 is 16.5 Å². The number of nitrogens with zero attached hydrogens (tertiary/aromatic N) is 1. The Labute approximate surface area is 143 Å². The largest absolute Gasteiger partial charge is 0.367 e. The molecule has 1 fully saturated rings. The number of nitrogens with one attached hydrogen (secondary N) is 1. The van der Waals surface area contributed by atoms with Crippen molar-refractivity contribution in [1.29, 1.82) is 0 Å². The number of rotatable bonds is 1. The maximum atomic E-state index is 3.53. The quantitative estimate of drug-likeness (QED) is 0.723. The average molecular weight is 314 g/mol. The number of anilines is 1. The summed E-state index contributed by atoms with van der Waals surface area (Å²) in [5.74, 6) is 0. The topological polar surface area (TPSA) is 15.3 Å². The maximum Gasteiger partial charge on any atom is 0.0408 e. The van der Waals surface area contributed by atoms with Crippen molar-refractivity contribution in [2.45, 2.75) is 18.9 Å². The van der Waals surface area contributed by atoms with Gasteiger partial charge in [-0.15, -0.1) is 0 Å². The molecule has 0 aliphatic carbocycles.